The molecule has 2 N–H and O–H groups in total. The Morgan fingerprint density at radius 3 is 2.58 bits per heavy atom. The van der Waals surface area contributed by atoms with Crippen molar-refractivity contribution in [2.24, 2.45) is 0 Å². The number of carbonyl (C=O) groups excluding carboxylic acids is 1. The van der Waals surface area contributed by atoms with Gasteiger partial charge in [0.05, 0.1) is 11.1 Å². The smallest absolute Gasteiger partial charge is 0.261 e. The van der Waals surface area contributed by atoms with Gasteiger partial charge < -0.3 is 15.2 Å². The predicted molar refractivity (Wildman–Crippen MR) is 87.0 cm³/mol. The molecule has 1 amide bonds. The lowest BCUT2D eigenvalue weighted by Crippen LogP contribution is -2.40. The van der Waals surface area contributed by atoms with Crippen molar-refractivity contribution < 1.29 is 9.32 Å². The standard InChI is InChI=1S/C16H22N6O2/c1-10(23)21-16(2,3)15-20-14(24-22-15)12-8-18-13(19-9-12)11-4-6-17-7-5-11/h8-9,11,17H,4-7H2,1-3H3,(H,21,23). The van der Waals surface area contributed by atoms with Crippen LogP contribution in [0, 0.1) is 0 Å². The number of rotatable bonds is 4. The fourth-order valence-electron chi connectivity index (χ4n) is 2.83. The molecule has 8 heteroatoms. The first-order chi connectivity index (χ1) is 11.5. The molecule has 3 rings (SSSR count). The third-order valence-electron chi connectivity index (χ3n) is 4.10. The number of nitrogens with zero attached hydrogens (tertiary/aromatic N) is 4. The Morgan fingerprint density at radius 2 is 1.96 bits per heavy atom. The molecule has 8 nitrogen and oxygen atoms in total. The molecule has 2 aromatic heterocycles. The van der Waals surface area contributed by atoms with E-state index < -0.39 is 5.54 Å². The van der Waals surface area contributed by atoms with Gasteiger partial charge in [0, 0.05) is 25.2 Å². The van der Waals surface area contributed by atoms with E-state index in [1.807, 2.05) is 13.8 Å². The third kappa shape index (κ3) is 3.59. The molecule has 1 aliphatic heterocycles. The summed E-state index contributed by atoms with van der Waals surface area (Å²) in [5, 5.41) is 10.1. The van der Waals surface area contributed by atoms with E-state index in [1.165, 1.54) is 6.92 Å². The number of nitrogens with one attached hydrogen (secondary N) is 2. The lowest BCUT2D eigenvalue weighted by atomic mass is 9.97. The van der Waals surface area contributed by atoms with Crippen molar-refractivity contribution in [1.82, 2.24) is 30.7 Å². The summed E-state index contributed by atoms with van der Waals surface area (Å²) in [5.41, 5.74) is -0.0335. The maximum absolute atomic E-state index is 11.3. The van der Waals surface area contributed by atoms with Gasteiger partial charge in [0.15, 0.2) is 5.82 Å². The summed E-state index contributed by atoms with van der Waals surface area (Å²) >= 11 is 0. The van der Waals surface area contributed by atoms with Crippen LogP contribution in [0.3, 0.4) is 0 Å². The zero-order chi connectivity index (χ0) is 17.2. The molecule has 0 saturated carbocycles. The van der Waals surface area contributed by atoms with Gasteiger partial charge in [-0.2, -0.15) is 4.98 Å². The Kier molecular flexibility index (Phi) is 4.57. The molecule has 0 atom stereocenters. The predicted octanol–water partition coefficient (Wildman–Crippen LogP) is 1.36. The minimum atomic E-state index is -0.705. The van der Waals surface area contributed by atoms with Gasteiger partial charge in [0.25, 0.3) is 5.89 Å². The highest BCUT2D eigenvalue weighted by molar-refractivity contribution is 5.73. The second-order valence-electron chi connectivity index (χ2n) is 6.58. The molecule has 1 saturated heterocycles. The molecule has 0 aliphatic carbocycles. The van der Waals surface area contributed by atoms with E-state index in [-0.39, 0.29) is 5.91 Å². The van der Waals surface area contributed by atoms with Gasteiger partial charge in [-0.05, 0) is 39.8 Å². The molecular formula is C16H22N6O2. The number of hydrogen-bond acceptors (Lipinski definition) is 7. The highest BCUT2D eigenvalue weighted by atomic mass is 16.5. The summed E-state index contributed by atoms with van der Waals surface area (Å²) in [6.45, 7) is 7.09. The summed E-state index contributed by atoms with van der Waals surface area (Å²) in [4.78, 5) is 24.6. The number of amides is 1. The van der Waals surface area contributed by atoms with E-state index >= 15 is 0 Å². The van der Waals surface area contributed by atoms with Crippen LogP contribution in [0.15, 0.2) is 16.9 Å². The average molecular weight is 330 g/mol. The molecule has 0 bridgehead atoms. The molecule has 0 aromatic carbocycles. The Hall–Kier alpha value is -2.35. The number of hydrogen-bond donors (Lipinski definition) is 2. The van der Waals surface area contributed by atoms with Gasteiger partial charge in [-0.25, -0.2) is 9.97 Å². The number of aromatic nitrogens is 4. The highest BCUT2D eigenvalue weighted by Crippen LogP contribution is 2.24. The fourth-order valence-corrected chi connectivity index (χ4v) is 2.83. The summed E-state index contributed by atoms with van der Waals surface area (Å²) in [6.07, 6.45) is 5.53. The third-order valence-corrected chi connectivity index (χ3v) is 4.10. The SMILES string of the molecule is CC(=O)NC(C)(C)c1noc(-c2cnc(C3CCNCC3)nc2)n1. The van der Waals surface area contributed by atoms with Crippen molar-refractivity contribution in [1.29, 1.82) is 0 Å². The van der Waals surface area contributed by atoms with Crippen LogP contribution < -0.4 is 10.6 Å². The lowest BCUT2D eigenvalue weighted by molar-refractivity contribution is -0.120. The molecular weight excluding hydrogens is 308 g/mol. The van der Waals surface area contributed by atoms with Crippen LogP contribution >= 0.6 is 0 Å². The molecule has 3 heterocycles. The van der Waals surface area contributed by atoms with E-state index in [0.29, 0.717) is 23.2 Å². The summed E-state index contributed by atoms with van der Waals surface area (Å²) in [6, 6.07) is 0. The molecule has 0 radical (unpaired) electrons. The molecule has 1 fully saturated rings. The zero-order valence-corrected chi connectivity index (χ0v) is 14.2. The summed E-state index contributed by atoms with van der Waals surface area (Å²) < 4.78 is 5.30. The Balaban J connectivity index is 1.76. The lowest BCUT2D eigenvalue weighted by Gasteiger charge is -2.21. The van der Waals surface area contributed by atoms with Crippen molar-refractivity contribution >= 4 is 5.91 Å². The molecule has 2 aromatic rings. The molecule has 128 valence electrons. The molecule has 1 aliphatic rings. The van der Waals surface area contributed by atoms with Crippen molar-refractivity contribution in [3.63, 3.8) is 0 Å². The van der Waals surface area contributed by atoms with Crippen LogP contribution in [-0.4, -0.2) is 39.1 Å². The van der Waals surface area contributed by atoms with Gasteiger partial charge >= 0.3 is 0 Å². The summed E-state index contributed by atoms with van der Waals surface area (Å²) in [5.74, 6) is 1.87. The first-order valence-corrected chi connectivity index (χ1v) is 8.11. The Morgan fingerprint density at radius 1 is 1.29 bits per heavy atom. The topological polar surface area (TPSA) is 106 Å². The van der Waals surface area contributed by atoms with E-state index in [4.69, 9.17) is 4.52 Å². The van der Waals surface area contributed by atoms with Gasteiger partial charge in [-0.15, -0.1) is 0 Å². The second-order valence-corrected chi connectivity index (χ2v) is 6.58. The maximum atomic E-state index is 11.3. The van der Waals surface area contributed by atoms with Crippen LogP contribution in [0.5, 0.6) is 0 Å². The van der Waals surface area contributed by atoms with Crippen molar-refractivity contribution in [3.05, 3.63) is 24.0 Å². The maximum Gasteiger partial charge on any atom is 0.261 e. The van der Waals surface area contributed by atoms with Crippen molar-refractivity contribution in [2.75, 3.05) is 13.1 Å². The van der Waals surface area contributed by atoms with E-state index in [1.54, 1.807) is 12.4 Å². The Bertz CT molecular complexity index is 704. The van der Waals surface area contributed by atoms with E-state index in [0.717, 1.165) is 31.8 Å². The normalized spacial score (nSPS) is 16.1. The Labute approximate surface area is 140 Å². The van der Waals surface area contributed by atoms with Gasteiger partial charge in [-0.3, -0.25) is 4.79 Å². The first kappa shape index (κ1) is 16.5. The van der Waals surface area contributed by atoms with E-state index in [2.05, 4.69) is 30.7 Å². The minimum absolute atomic E-state index is 0.152. The van der Waals surface area contributed by atoms with E-state index in [9.17, 15) is 4.79 Å². The van der Waals surface area contributed by atoms with Crippen LogP contribution in [0.4, 0.5) is 0 Å². The molecule has 24 heavy (non-hydrogen) atoms. The van der Waals surface area contributed by atoms with Gasteiger partial charge in [0.1, 0.15) is 5.82 Å². The fraction of sp³-hybridized carbons (Fsp3) is 0.562. The van der Waals surface area contributed by atoms with Crippen molar-refractivity contribution in [2.45, 2.75) is 45.1 Å². The first-order valence-electron chi connectivity index (χ1n) is 8.11. The van der Waals surface area contributed by atoms with Gasteiger partial charge in [0.2, 0.25) is 5.91 Å². The van der Waals surface area contributed by atoms with Crippen molar-refractivity contribution in [3.8, 4) is 11.5 Å². The largest absolute Gasteiger partial charge is 0.344 e. The second kappa shape index (κ2) is 6.64. The minimum Gasteiger partial charge on any atom is -0.344 e. The zero-order valence-electron chi connectivity index (χ0n) is 14.2. The highest BCUT2D eigenvalue weighted by Gasteiger charge is 2.28. The number of piperidine rings is 1. The average Bonchev–Trinajstić information content (AvgIpc) is 3.06. The molecule has 0 unspecified atom stereocenters. The quantitative estimate of drug-likeness (QED) is 0.872. The monoisotopic (exact) mass is 330 g/mol. The van der Waals surface area contributed by atoms with Gasteiger partial charge in [-0.1, -0.05) is 5.16 Å². The molecule has 0 spiro atoms. The summed E-state index contributed by atoms with van der Waals surface area (Å²) in [7, 11) is 0. The van der Waals surface area contributed by atoms with Crippen LogP contribution in [0.25, 0.3) is 11.5 Å². The van der Waals surface area contributed by atoms with Crippen LogP contribution in [0.2, 0.25) is 0 Å². The van der Waals surface area contributed by atoms with Crippen LogP contribution in [-0.2, 0) is 10.3 Å². The van der Waals surface area contributed by atoms with Crippen LogP contribution in [0.1, 0.15) is 51.2 Å². The number of carbonyl (C=O) groups is 1.